The Labute approximate surface area is 317 Å². The zero-order valence-electron chi connectivity index (χ0n) is 28.3. The molecular weight excluding hydrogens is 736 g/mol. The summed E-state index contributed by atoms with van der Waals surface area (Å²) in [6.07, 6.45) is 1.85. The number of alkyl halides is 2. The zero-order chi connectivity index (χ0) is 37.5. The van der Waals surface area contributed by atoms with E-state index in [9.17, 15) is 28.7 Å². The van der Waals surface area contributed by atoms with Gasteiger partial charge in [-0.2, -0.15) is 0 Å². The Morgan fingerprint density at radius 2 is 1.52 bits per heavy atom. The number of imide groups is 2. The summed E-state index contributed by atoms with van der Waals surface area (Å²) < 4.78 is 25.4. The second-order valence-electron chi connectivity index (χ2n) is 13.9. The van der Waals surface area contributed by atoms with Crippen molar-refractivity contribution in [3.8, 4) is 17.2 Å². The van der Waals surface area contributed by atoms with Crippen LogP contribution in [0.3, 0.4) is 0 Å². The van der Waals surface area contributed by atoms with Crippen molar-refractivity contribution >= 4 is 69.3 Å². The van der Waals surface area contributed by atoms with Crippen LogP contribution in [0.4, 0.5) is 15.8 Å². The van der Waals surface area contributed by atoms with Gasteiger partial charge in [-0.3, -0.25) is 24.1 Å². The van der Waals surface area contributed by atoms with E-state index in [1.807, 2.05) is 30.3 Å². The van der Waals surface area contributed by atoms with Gasteiger partial charge in [0.15, 0.2) is 15.3 Å². The highest BCUT2D eigenvalue weighted by Crippen LogP contribution is 2.66. The van der Waals surface area contributed by atoms with E-state index < -0.39 is 57.0 Å². The summed E-state index contributed by atoms with van der Waals surface area (Å²) >= 11 is 14.9. The molecule has 13 heteroatoms. The van der Waals surface area contributed by atoms with Crippen molar-refractivity contribution < 1.29 is 37.8 Å². The van der Waals surface area contributed by atoms with E-state index in [1.54, 1.807) is 48.5 Å². The zero-order valence-corrected chi connectivity index (χ0v) is 29.8. The Morgan fingerprint density at radius 3 is 2.22 bits per heavy atom. The fourth-order valence-corrected chi connectivity index (χ4v) is 9.63. The van der Waals surface area contributed by atoms with Gasteiger partial charge in [-0.05, 0) is 97.1 Å². The van der Waals surface area contributed by atoms with Gasteiger partial charge in [0, 0.05) is 11.5 Å². The lowest BCUT2D eigenvalue weighted by atomic mass is 9.56. The number of para-hydroxylation sites is 2. The molecule has 1 saturated carbocycles. The number of hydrogen-bond donors (Lipinski definition) is 1. The molecule has 9 rings (SSSR count). The molecule has 1 aromatic heterocycles. The molecule has 0 bridgehead atoms. The molecule has 5 aromatic rings. The van der Waals surface area contributed by atoms with Gasteiger partial charge in [0.2, 0.25) is 17.7 Å². The fraction of sp³-hybridized carbons (Fsp3) is 0.244. The Kier molecular flexibility index (Phi) is 8.04. The van der Waals surface area contributed by atoms with E-state index in [1.165, 1.54) is 17.0 Å². The first kappa shape index (κ1) is 34.4. The molecule has 3 heterocycles. The lowest BCUT2D eigenvalue weighted by Gasteiger charge is -2.50. The van der Waals surface area contributed by atoms with Crippen LogP contribution in [-0.2, 0) is 19.2 Å². The van der Waals surface area contributed by atoms with Crippen molar-refractivity contribution in [1.82, 2.24) is 4.98 Å². The van der Waals surface area contributed by atoms with Crippen molar-refractivity contribution in [2.75, 3.05) is 23.0 Å². The predicted octanol–water partition coefficient (Wildman–Crippen LogP) is 6.77. The van der Waals surface area contributed by atoms with Crippen LogP contribution in [0.15, 0.2) is 113 Å². The number of aliphatic hydroxyl groups excluding tert-OH is 1. The number of aliphatic hydroxyl groups is 1. The van der Waals surface area contributed by atoms with Gasteiger partial charge >= 0.3 is 0 Å². The number of ether oxygens (including phenoxy) is 1. The maximum Gasteiger partial charge on any atom is 0.258 e. The first-order valence-electron chi connectivity index (χ1n) is 17.4. The smallest absolute Gasteiger partial charge is 0.258 e. The molecule has 6 atom stereocenters. The summed E-state index contributed by atoms with van der Waals surface area (Å²) in [5, 5.41) is 9.24. The molecule has 6 unspecified atom stereocenters. The Hall–Kier alpha value is -5.36. The molecule has 4 aromatic carbocycles. The summed E-state index contributed by atoms with van der Waals surface area (Å²) in [6, 6.07) is 25.8. The number of allylic oxidation sites excluding steroid dienone is 2. The lowest BCUT2D eigenvalue weighted by molar-refractivity contribution is -0.125. The second kappa shape index (κ2) is 12.6. The van der Waals surface area contributed by atoms with Crippen LogP contribution >= 0.6 is 23.2 Å². The number of fused-ring (bicyclic) bond motifs is 5. The largest absolute Gasteiger partial charge is 0.491 e. The number of nitrogens with zero attached hydrogens (tertiary/aromatic N) is 3. The van der Waals surface area contributed by atoms with E-state index in [0.29, 0.717) is 45.1 Å². The van der Waals surface area contributed by atoms with E-state index in [0.717, 1.165) is 17.0 Å². The molecule has 0 radical (unpaired) electrons. The number of amides is 4. The first-order chi connectivity index (χ1) is 26.0. The highest BCUT2D eigenvalue weighted by molar-refractivity contribution is 6.58. The summed E-state index contributed by atoms with van der Waals surface area (Å²) in [5.74, 6) is -5.51. The molecule has 54 heavy (non-hydrogen) atoms. The minimum absolute atomic E-state index is 0.0646. The number of hydrogen-bond acceptors (Lipinski definition) is 8. The van der Waals surface area contributed by atoms with Crippen LogP contribution in [0.2, 0.25) is 0 Å². The van der Waals surface area contributed by atoms with Crippen molar-refractivity contribution in [3.63, 3.8) is 0 Å². The van der Waals surface area contributed by atoms with Crippen LogP contribution in [-0.4, -0.2) is 56.7 Å². The van der Waals surface area contributed by atoms with Gasteiger partial charge in [-0.1, -0.05) is 35.9 Å². The van der Waals surface area contributed by atoms with Crippen LogP contribution in [0.25, 0.3) is 22.6 Å². The molecule has 0 spiro atoms. The quantitative estimate of drug-likeness (QED) is 0.109. The number of halogens is 3. The monoisotopic (exact) mass is 765 g/mol. The van der Waals surface area contributed by atoms with Crippen molar-refractivity contribution in [1.29, 1.82) is 0 Å². The standard InChI is InChI=1S/C41H30Cl2FN3O7/c42-40-21-30-28(17-18-29-33(30)37(50)46(36(29)49)25-11-5-23(6-12-25)35-45-31-3-1-2-4-32(31)54-35)34(22-7-15-27(16-8-22)53-20-19-48)41(40,43)39(52)47(38(40)51)26-13-9-24(44)10-14-26/h1-17,29-30,33-34,48H,18-21H2. The predicted molar refractivity (Wildman–Crippen MR) is 198 cm³/mol. The number of aromatic nitrogens is 1. The molecular formula is C41H30Cl2FN3O7. The molecule has 272 valence electrons. The summed E-state index contributed by atoms with van der Waals surface area (Å²) in [5.41, 5.74) is 3.62. The maximum atomic E-state index is 14.6. The van der Waals surface area contributed by atoms with E-state index in [2.05, 4.69) is 4.98 Å². The maximum absolute atomic E-state index is 14.6. The topological polar surface area (TPSA) is 130 Å². The number of anilines is 2. The minimum Gasteiger partial charge on any atom is -0.491 e. The molecule has 10 nitrogen and oxygen atoms in total. The lowest BCUT2D eigenvalue weighted by Crippen LogP contribution is -2.60. The van der Waals surface area contributed by atoms with Crippen LogP contribution in [0.5, 0.6) is 5.75 Å². The molecule has 2 saturated heterocycles. The third kappa shape index (κ3) is 4.91. The van der Waals surface area contributed by atoms with Crippen molar-refractivity contribution in [2.24, 2.45) is 17.8 Å². The molecule has 3 fully saturated rings. The van der Waals surface area contributed by atoms with Crippen molar-refractivity contribution in [2.45, 2.75) is 28.5 Å². The summed E-state index contributed by atoms with van der Waals surface area (Å²) in [4.78, 5) is 60.2. The highest BCUT2D eigenvalue weighted by Gasteiger charge is 2.76. The van der Waals surface area contributed by atoms with Crippen LogP contribution < -0.4 is 14.5 Å². The Balaban J connectivity index is 1.10. The van der Waals surface area contributed by atoms with Gasteiger partial charge in [0.25, 0.3) is 11.8 Å². The van der Waals surface area contributed by atoms with Gasteiger partial charge in [-0.25, -0.2) is 14.3 Å². The molecule has 1 N–H and O–H groups in total. The summed E-state index contributed by atoms with van der Waals surface area (Å²) in [6.45, 7) is -0.127. The third-order valence-electron chi connectivity index (χ3n) is 11.1. The molecule has 2 aliphatic heterocycles. The first-order valence-corrected chi connectivity index (χ1v) is 18.2. The average molecular weight is 767 g/mol. The minimum atomic E-state index is -2.06. The highest BCUT2D eigenvalue weighted by atomic mass is 35.5. The van der Waals surface area contributed by atoms with Gasteiger partial charge in [0.1, 0.15) is 23.7 Å². The fourth-order valence-electron chi connectivity index (χ4n) is 8.70. The third-order valence-corrected chi connectivity index (χ3v) is 12.5. The molecule has 4 amide bonds. The number of carbonyl (C=O) groups excluding carboxylic acids is 4. The van der Waals surface area contributed by atoms with E-state index in [4.69, 9.17) is 32.4 Å². The van der Waals surface area contributed by atoms with Gasteiger partial charge < -0.3 is 14.3 Å². The molecule has 2 aliphatic carbocycles. The summed E-state index contributed by atoms with van der Waals surface area (Å²) in [7, 11) is 0. The van der Waals surface area contributed by atoms with Gasteiger partial charge in [-0.15, -0.1) is 23.2 Å². The normalized spacial score (nSPS) is 27.6. The van der Waals surface area contributed by atoms with E-state index >= 15 is 0 Å². The van der Waals surface area contributed by atoms with Gasteiger partial charge in [0.05, 0.1) is 29.8 Å². The SMILES string of the molecule is O=C1C2CC=C3C(CC4(Cl)C(=O)N(c5ccc(F)cc5)C(=O)C4(Cl)C3c3ccc(OCCO)cc3)C2C(=O)N1c1ccc(-c2nc3ccccc3o2)cc1. The van der Waals surface area contributed by atoms with Crippen LogP contribution in [0, 0.1) is 23.6 Å². The van der Waals surface area contributed by atoms with Crippen LogP contribution in [0.1, 0.15) is 24.3 Å². The number of benzene rings is 4. The average Bonchev–Trinajstić information content (AvgIpc) is 3.77. The Morgan fingerprint density at radius 1 is 0.833 bits per heavy atom. The van der Waals surface area contributed by atoms with E-state index in [-0.39, 0.29) is 37.6 Å². The second-order valence-corrected chi connectivity index (χ2v) is 15.2. The van der Waals surface area contributed by atoms with Crippen molar-refractivity contribution in [3.05, 3.63) is 120 Å². The Bertz CT molecular complexity index is 2370. The number of oxazole rings is 1. The number of rotatable bonds is 7. The molecule has 4 aliphatic rings. The number of carbonyl (C=O) groups is 4.